The van der Waals surface area contributed by atoms with Gasteiger partial charge in [0.2, 0.25) is 0 Å². The second-order valence-electron chi connectivity index (χ2n) is 2.64. The summed E-state index contributed by atoms with van der Waals surface area (Å²) in [5, 5.41) is 0. The van der Waals surface area contributed by atoms with Gasteiger partial charge in [-0.05, 0) is 25.7 Å². The average Bonchev–Trinajstić information content (AvgIpc) is 1.79. The summed E-state index contributed by atoms with van der Waals surface area (Å²) in [5.74, 6) is 0. The van der Waals surface area contributed by atoms with Crippen molar-refractivity contribution in [3.05, 3.63) is 24.3 Å². The summed E-state index contributed by atoms with van der Waals surface area (Å²) < 4.78 is 39.0. The minimum Gasteiger partial charge on any atom is -0.418 e. The Morgan fingerprint density at radius 2 is 1.07 bits per heavy atom. The number of halogens is 4. The molecule has 1 aliphatic rings. The molecule has 6 heteroatoms. The molecular formula is C8H12BF4Rh. The first kappa shape index (κ1) is 16.3. The number of hydrogen-bond acceptors (Lipinski definition) is 0. The van der Waals surface area contributed by atoms with Gasteiger partial charge in [0.1, 0.15) is 0 Å². The Kier molecular flexibility index (Phi) is 11.0. The molecule has 0 saturated carbocycles. The molecule has 84 valence electrons. The quantitative estimate of drug-likeness (QED) is 0.469. The van der Waals surface area contributed by atoms with E-state index in [1.807, 2.05) is 0 Å². The van der Waals surface area contributed by atoms with Crippen LogP contribution in [0.3, 0.4) is 0 Å². The van der Waals surface area contributed by atoms with Crippen molar-refractivity contribution in [1.82, 2.24) is 0 Å². The van der Waals surface area contributed by atoms with Gasteiger partial charge in [-0.2, -0.15) is 0 Å². The molecule has 0 atom stereocenters. The summed E-state index contributed by atoms with van der Waals surface area (Å²) >= 11 is 0. The van der Waals surface area contributed by atoms with E-state index < -0.39 is 7.25 Å². The Balaban J connectivity index is 0. The molecule has 0 unspecified atom stereocenters. The smallest absolute Gasteiger partial charge is 0.418 e. The third-order valence-corrected chi connectivity index (χ3v) is 1.37. The van der Waals surface area contributed by atoms with Crippen LogP contribution in [-0.2, 0) is 19.5 Å². The fourth-order valence-corrected chi connectivity index (χ4v) is 0.874. The zero-order chi connectivity index (χ0) is 10.2. The van der Waals surface area contributed by atoms with E-state index in [0.29, 0.717) is 0 Å². The van der Waals surface area contributed by atoms with Gasteiger partial charge < -0.3 is 17.3 Å². The maximum absolute atomic E-state index is 9.75. The van der Waals surface area contributed by atoms with Crippen molar-refractivity contribution >= 4 is 7.25 Å². The van der Waals surface area contributed by atoms with Crippen LogP contribution >= 0.6 is 0 Å². The molecule has 0 aromatic heterocycles. The van der Waals surface area contributed by atoms with Gasteiger partial charge in [0.15, 0.2) is 0 Å². The van der Waals surface area contributed by atoms with E-state index >= 15 is 0 Å². The van der Waals surface area contributed by atoms with Crippen molar-refractivity contribution in [2.75, 3.05) is 0 Å². The van der Waals surface area contributed by atoms with Gasteiger partial charge in [-0.1, -0.05) is 24.3 Å². The second kappa shape index (κ2) is 9.44. The zero-order valence-electron chi connectivity index (χ0n) is 7.56. The average molecular weight is 298 g/mol. The molecule has 0 radical (unpaired) electrons. The van der Waals surface area contributed by atoms with E-state index in [4.69, 9.17) is 0 Å². The van der Waals surface area contributed by atoms with E-state index in [0.717, 1.165) is 0 Å². The summed E-state index contributed by atoms with van der Waals surface area (Å²) in [6.07, 6.45) is 14.0. The van der Waals surface area contributed by atoms with Crippen LogP contribution in [0.4, 0.5) is 17.3 Å². The first-order valence-corrected chi connectivity index (χ1v) is 4.19. The molecule has 14 heavy (non-hydrogen) atoms. The second-order valence-corrected chi connectivity index (χ2v) is 2.64. The van der Waals surface area contributed by atoms with Crippen molar-refractivity contribution in [2.45, 2.75) is 25.7 Å². The number of allylic oxidation sites excluding steroid dienone is 4. The van der Waals surface area contributed by atoms with E-state index in [-0.39, 0.29) is 19.5 Å². The van der Waals surface area contributed by atoms with E-state index in [2.05, 4.69) is 24.3 Å². The topological polar surface area (TPSA) is 0 Å². The van der Waals surface area contributed by atoms with Crippen molar-refractivity contribution in [2.24, 2.45) is 0 Å². The van der Waals surface area contributed by atoms with Crippen molar-refractivity contribution in [3.63, 3.8) is 0 Å². The molecule has 0 aromatic carbocycles. The van der Waals surface area contributed by atoms with Crippen LogP contribution in [0.2, 0.25) is 0 Å². The minimum atomic E-state index is -6.00. The number of hydrogen-bond donors (Lipinski definition) is 0. The van der Waals surface area contributed by atoms with Crippen LogP contribution in [0.25, 0.3) is 0 Å². The summed E-state index contributed by atoms with van der Waals surface area (Å²) in [4.78, 5) is 0. The summed E-state index contributed by atoms with van der Waals surface area (Å²) in [7, 11) is -6.00. The van der Waals surface area contributed by atoms with Gasteiger partial charge in [0, 0.05) is 0 Å². The predicted octanol–water partition coefficient (Wildman–Crippen LogP) is 3.97. The molecule has 1 rings (SSSR count). The molecule has 0 heterocycles. The molecule has 0 saturated heterocycles. The molecule has 0 bridgehead atoms. The zero-order valence-corrected chi connectivity index (χ0v) is 9.20. The van der Waals surface area contributed by atoms with Gasteiger partial charge >= 0.3 is 26.7 Å². The Labute approximate surface area is 94.3 Å². The van der Waals surface area contributed by atoms with Crippen molar-refractivity contribution < 1.29 is 36.7 Å². The molecule has 0 aliphatic heterocycles. The molecule has 0 fully saturated rings. The van der Waals surface area contributed by atoms with Crippen LogP contribution in [0, 0.1) is 0 Å². The van der Waals surface area contributed by atoms with Gasteiger partial charge in [0.25, 0.3) is 0 Å². The number of rotatable bonds is 0. The Morgan fingerprint density at radius 3 is 1.36 bits per heavy atom. The standard InChI is InChI=1S/C8H12.BF4.Rh/c1-2-4-6-8-7-5-3-1;2-1(3,4)5;/h1-4H,5-8H2;;/q;-1;+1. The SMILES string of the molecule is C1=CCCCCC=C1.F[B-](F)(F)F.[Rh+]. The van der Waals surface area contributed by atoms with Gasteiger partial charge in [-0.15, -0.1) is 0 Å². The predicted molar refractivity (Wildman–Crippen MR) is 46.9 cm³/mol. The van der Waals surface area contributed by atoms with Crippen LogP contribution in [0.15, 0.2) is 24.3 Å². The Hall–Kier alpha value is -0.112. The minimum absolute atomic E-state index is 0. The molecule has 0 N–H and O–H groups in total. The van der Waals surface area contributed by atoms with Gasteiger partial charge in [-0.3, -0.25) is 0 Å². The molecule has 0 aromatic rings. The van der Waals surface area contributed by atoms with Crippen molar-refractivity contribution in [1.29, 1.82) is 0 Å². The van der Waals surface area contributed by atoms with Crippen molar-refractivity contribution in [3.8, 4) is 0 Å². The molecule has 0 amide bonds. The molecule has 0 nitrogen and oxygen atoms in total. The van der Waals surface area contributed by atoms with Crippen LogP contribution in [0.1, 0.15) is 25.7 Å². The fourth-order valence-electron chi connectivity index (χ4n) is 0.874. The molecule has 1 aliphatic carbocycles. The summed E-state index contributed by atoms with van der Waals surface area (Å²) in [6, 6.07) is 0. The van der Waals surface area contributed by atoms with Gasteiger partial charge in [0.05, 0.1) is 0 Å². The van der Waals surface area contributed by atoms with Crippen LogP contribution < -0.4 is 0 Å². The first-order chi connectivity index (χ1) is 6.00. The Bertz CT molecular complexity index is 157. The maximum Gasteiger partial charge on any atom is 1.00 e. The summed E-state index contributed by atoms with van der Waals surface area (Å²) in [6.45, 7) is 0. The summed E-state index contributed by atoms with van der Waals surface area (Å²) in [5.41, 5.74) is 0. The van der Waals surface area contributed by atoms with Crippen LogP contribution in [-0.4, -0.2) is 7.25 Å². The van der Waals surface area contributed by atoms with Gasteiger partial charge in [-0.25, -0.2) is 0 Å². The van der Waals surface area contributed by atoms with E-state index in [1.54, 1.807) is 0 Å². The molecular weight excluding hydrogens is 286 g/mol. The first-order valence-electron chi connectivity index (χ1n) is 4.19. The van der Waals surface area contributed by atoms with Crippen LogP contribution in [0.5, 0.6) is 0 Å². The largest absolute Gasteiger partial charge is 1.00 e. The molecule has 0 spiro atoms. The van der Waals surface area contributed by atoms with E-state index in [9.17, 15) is 17.3 Å². The fraction of sp³-hybridized carbons (Fsp3) is 0.500. The third-order valence-electron chi connectivity index (χ3n) is 1.37. The monoisotopic (exact) mass is 298 g/mol. The maximum atomic E-state index is 9.75. The Morgan fingerprint density at radius 1 is 0.786 bits per heavy atom. The normalized spacial score (nSPS) is 15.7. The van der Waals surface area contributed by atoms with E-state index in [1.165, 1.54) is 25.7 Å². The third kappa shape index (κ3) is 22.7.